The van der Waals surface area contributed by atoms with Crippen LogP contribution in [0.5, 0.6) is 0 Å². The van der Waals surface area contributed by atoms with Crippen LogP contribution in [0.3, 0.4) is 0 Å². The van der Waals surface area contributed by atoms with Crippen molar-refractivity contribution in [1.82, 2.24) is 0 Å². The summed E-state index contributed by atoms with van der Waals surface area (Å²) in [6, 6.07) is 5.82. The molecule has 2 nitrogen and oxygen atoms in total. The fourth-order valence-electron chi connectivity index (χ4n) is 2.21. The summed E-state index contributed by atoms with van der Waals surface area (Å²) in [5, 5.41) is 0. The van der Waals surface area contributed by atoms with Gasteiger partial charge < -0.3 is 5.73 Å². The van der Waals surface area contributed by atoms with Gasteiger partial charge >= 0.3 is 0 Å². The number of carbonyl (C=O) groups excluding carboxylic acids is 1. The second kappa shape index (κ2) is 7.12. The van der Waals surface area contributed by atoms with Crippen molar-refractivity contribution in [2.75, 3.05) is 0 Å². The average Bonchev–Trinajstić information content (AvgIpc) is 2.67. The quantitative estimate of drug-likeness (QED) is 0.520. The second-order valence-electron chi connectivity index (χ2n) is 4.67. The molecule has 1 aliphatic rings. The van der Waals surface area contributed by atoms with E-state index in [1.807, 2.05) is 37.3 Å². The molecule has 1 aliphatic carbocycles. The van der Waals surface area contributed by atoms with Crippen molar-refractivity contribution < 1.29 is 4.79 Å². The molecule has 1 atom stereocenters. The summed E-state index contributed by atoms with van der Waals surface area (Å²) < 4.78 is 0. The number of nitrogens with two attached hydrogens (primary N) is 1. The minimum atomic E-state index is -0.233. The third kappa shape index (κ3) is 3.55. The maximum atomic E-state index is 11.3. The van der Waals surface area contributed by atoms with E-state index >= 15 is 0 Å². The summed E-state index contributed by atoms with van der Waals surface area (Å²) >= 11 is 0. The number of carbonyl (C=O) groups is 1. The molecular formula is C18H18NOP. The largest absolute Gasteiger partial charge is 0.321 e. The third-order valence-electron chi connectivity index (χ3n) is 3.28. The topological polar surface area (TPSA) is 43.1 Å². The molecule has 0 radical (unpaired) electrons. The molecule has 21 heavy (non-hydrogen) atoms. The van der Waals surface area contributed by atoms with Gasteiger partial charge in [-0.3, -0.25) is 4.79 Å². The molecule has 0 amide bonds. The number of hydrogen-bond acceptors (Lipinski definition) is 2. The molecule has 0 spiro atoms. The number of allylic oxidation sites excluding steroid dienone is 3. The van der Waals surface area contributed by atoms with E-state index in [0.717, 1.165) is 36.8 Å². The number of rotatable bonds is 4. The van der Waals surface area contributed by atoms with Crippen molar-refractivity contribution in [2.24, 2.45) is 5.73 Å². The van der Waals surface area contributed by atoms with Gasteiger partial charge in [0, 0.05) is 11.6 Å². The zero-order valence-electron chi connectivity index (χ0n) is 12.0. The molecule has 2 N–H and O–H groups in total. The van der Waals surface area contributed by atoms with Crippen LogP contribution in [0.25, 0.3) is 17.2 Å². The molecule has 0 bridgehead atoms. The van der Waals surface area contributed by atoms with Gasteiger partial charge in [-0.1, -0.05) is 57.0 Å². The Balaban J connectivity index is 2.54. The van der Waals surface area contributed by atoms with Gasteiger partial charge in [0.05, 0.1) is 0 Å². The van der Waals surface area contributed by atoms with Gasteiger partial charge in [0.15, 0.2) is 0 Å². The lowest BCUT2D eigenvalue weighted by atomic mass is 9.96. The first-order valence-corrected chi connectivity index (χ1v) is 7.79. The number of hydrogen-bond donors (Lipinski definition) is 1. The first-order valence-electron chi connectivity index (χ1n) is 6.75. The summed E-state index contributed by atoms with van der Waals surface area (Å²) in [5.74, 6) is 4.18. The van der Waals surface area contributed by atoms with Crippen molar-refractivity contribution in [3.8, 4) is 0 Å². The van der Waals surface area contributed by atoms with Crippen LogP contribution >= 0.6 is 8.20 Å². The second-order valence-corrected chi connectivity index (χ2v) is 5.75. The maximum Gasteiger partial charge on any atom is 0.150 e. The first kappa shape index (κ1) is 15.4. The smallest absolute Gasteiger partial charge is 0.150 e. The fourth-order valence-corrected chi connectivity index (χ4v) is 2.78. The Morgan fingerprint density at radius 2 is 2.24 bits per heavy atom. The molecular weight excluding hydrogens is 277 g/mol. The highest BCUT2D eigenvalue weighted by atomic mass is 31.1. The molecule has 0 heterocycles. The minimum Gasteiger partial charge on any atom is -0.321 e. The zero-order chi connectivity index (χ0) is 15.2. The Bertz CT molecular complexity index is 680. The van der Waals surface area contributed by atoms with E-state index < -0.39 is 0 Å². The van der Waals surface area contributed by atoms with Gasteiger partial charge in [-0.25, -0.2) is 0 Å². The van der Waals surface area contributed by atoms with Gasteiger partial charge in [0.25, 0.3) is 0 Å². The van der Waals surface area contributed by atoms with Crippen LogP contribution in [0.4, 0.5) is 0 Å². The molecule has 0 aliphatic heterocycles. The lowest BCUT2D eigenvalue weighted by Crippen LogP contribution is -2.12. The third-order valence-corrected chi connectivity index (χ3v) is 4.00. The molecule has 0 aromatic heterocycles. The van der Waals surface area contributed by atoms with Gasteiger partial charge in [-0.2, -0.15) is 0 Å². The number of benzene rings is 1. The molecule has 0 fully saturated rings. The SMILES string of the molecule is C=C/C(=C\P=CC)c1ccc2c(c1)C=CC(N)C=C2C=O. The maximum absolute atomic E-state index is 11.3. The normalized spacial score (nSPS) is 18.1. The number of aldehydes is 1. The first-order chi connectivity index (χ1) is 10.2. The zero-order valence-corrected chi connectivity index (χ0v) is 12.9. The molecule has 1 aromatic rings. The van der Waals surface area contributed by atoms with Crippen LogP contribution < -0.4 is 5.73 Å². The van der Waals surface area contributed by atoms with Gasteiger partial charge in [0.1, 0.15) is 6.29 Å². The molecule has 3 heteroatoms. The monoisotopic (exact) mass is 295 g/mol. The van der Waals surface area contributed by atoms with Crippen molar-refractivity contribution in [1.29, 1.82) is 0 Å². The summed E-state index contributed by atoms with van der Waals surface area (Å²) in [4.78, 5) is 11.3. The standard InChI is InChI=1S/C18H18NOP/c1-3-13(12-21-4-2)14-6-8-18-15(9-14)5-7-17(19)10-16(18)11-20/h3-12,17H,1,19H2,2H3/b13-12+. The van der Waals surface area contributed by atoms with E-state index in [0.29, 0.717) is 5.57 Å². The van der Waals surface area contributed by atoms with Crippen molar-refractivity contribution >= 4 is 37.5 Å². The van der Waals surface area contributed by atoms with E-state index in [1.165, 1.54) is 0 Å². The molecule has 0 saturated carbocycles. The van der Waals surface area contributed by atoms with E-state index in [9.17, 15) is 4.79 Å². The van der Waals surface area contributed by atoms with E-state index in [1.54, 1.807) is 6.08 Å². The Morgan fingerprint density at radius 1 is 1.43 bits per heavy atom. The summed E-state index contributed by atoms with van der Waals surface area (Å²) in [7, 11) is 1.14. The number of fused-ring (bicyclic) bond motifs is 1. The lowest BCUT2D eigenvalue weighted by molar-refractivity contribution is -0.103. The highest BCUT2D eigenvalue weighted by Gasteiger charge is 2.11. The predicted molar refractivity (Wildman–Crippen MR) is 94.3 cm³/mol. The summed E-state index contributed by atoms with van der Waals surface area (Å²) in [6.07, 6.45) is 8.36. The Labute approximate surface area is 127 Å². The van der Waals surface area contributed by atoms with Crippen LogP contribution in [-0.2, 0) is 4.79 Å². The molecule has 0 saturated heterocycles. The Morgan fingerprint density at radius 3 is 2.90 bits per heavy atom. The lowest BCUT2D eigenvalue weighted by Gasteiger charge is -2.08. The highest BCUT2D eigenvalue weighted by Crippen LogP contribution is 2.28. The van der Waals surface area contributed by atoms with Crippen LogP contribution in [-0.4, -0.2) is 18.1 Å². The van der Waals surface area contributed by atoms with E-state index in [-0.39, 0.29) is 6.04 Å². The predicted octanol–water partition coefficient (Wildman–Crippen LogP) is 3.92. The fraction of sp³-hybridized carbons (Fsp3) is 0.111. The molecule has 1 unspecified atom stereocenters. The molecule has 106 valence electrons. The van der Waals surface area contributed by atoms with Crippen molar-refractivity contribution in [3.63, 3.8) is 0 Å². The van der Waals surface area contributed by atoms with E-state index in [4.69, 9.17) is 5.73 Å². The van der Waals surface area contributed by atoms with Crippen LogP contribution in [0.2, 0.25) is 0 Å². The summed E-state index contributed by atoms with van der Waals surface area (Å²) in [6.45, 7) is 5.89. The Hall–Kier alpha value is -2.02. The van der Waals surface area contributed by atoms with Gasteiger partial charge in [-0.15, -0.1) is 0 Å². The van der Waals surface area contributed by atoms with Crippen LogP contribution in [0.1, 0.15) is 23.6 Å². The molecule has 2 rings (SSSR count). The summed E-state index contributed by atoms with van der Waals surface area (Å²) in [5.41, 5.74) is 10.6. The Kier molecular flexibility index (Phi) is 5.21. The average molecular weight is 295 g/mol. The van der Waals surface area contributed by atoms with Gasteiger partial charge in [0.2, 0.25) is 0 Å². The minimum absolute atomic E-state index is 0.233. The molecule has 1 aromatic carbocycles. The van der Waals surface area contributed by atoms with Gasteiger partial charge in [-0.05, 0) is 41.1 Å². The van der Waals surface area contributed by atoms with Crippen molar-refractivity contribution in [2.45, 2.75) is 13.0 Å². The highest BCUT2D eigenvalue weighted by molar-refractivity contribution is 7.42. The van der Waals surface area contributed by atoms with Crippen molar-refractivity contribution in [3.05, 3.63) is 65.5 Å². The van der Waals surface area contributed by atoms with Crippen LogP contribution in [0.15, 0.2) is 48.8 Å². The van der Waals surface area contributed by atoms with E-state index in [2.05, 4.69) is 24.3 Å². The van der Waals surface area contributed by atoms with Crippen LogP contribution in [0, 0.1) is 0 Å².